The molecule has 3 fully saturated rings. The van der Waals surface area contributed by atoms with Crippen LogP contribution < -0.4 is 4.72 Å². The fourth-order valence-corrected chi connectivity index (χ4v) is 6.45. The number of hydrogen-bond acceptors (Lipinski definition) is 9. The van der Waals surface area contributed by atoms with E-state index in [1.807, 2.05) is 20.8 Å². The van der Waals surface area contributed by atoms with E-state index in [9.17, 15) is 13.2 Å². The van der Waals surface area contributed by atoms with Gasteiger partial charge in [0.2, 0.25) is 0 Å². The van der Waals surface area contributed by atoms with Crippen LogP contribution in [-0.4, -0.2) is 82.1 Å². The molecule has 4 rings (SSSR count). The lowest BCUT2D eigenvalue weighted by Gasteiger charge is -2.35. The number of aryl methyl sites for hydroxylation is 1. The molecule has 5 atom stereocenters. The van der Waals surface area contributed by atoms with Crippen molar-refractivity contribution in [3.8, 4) is 0 Å². The van der Waals surface area contributed by atoms with Gasteiger partial charge in [0.15, 0.2) is 12.1 Å². The molecule has 40 heavy (non-hydrogen) atoms. The summed E-state index contributed by atoms with van der Waals surface area (Å²) in [6, 6.07) is 6.27. The zero-order valence-corrected chi connectivity index (χ0v) is 25.1. The molecule has 11 heteroatoms. The van der Waals surface area contributed by atoms with E-state index >= 15 is 0 Å². The van der Waals surface area contributed by atoms with E-state index in [1.165, 1.54) is 25.0 Å². The van der Waals surface area contributed by atoms with Crippen molar-refractivity contribution in [2.24, 2.45) is 0 Å². The number of nitrogens with one attached hydrogen (secondary N) is 1. The van der Waals surface area contributed by atoms with Crippen molar-refractivity contribution in [1.29, 1.82) is 0 Å². The van der Waals surface area contributed by atoms with Gasteiger partial charge in [0, 0.05) is 13.2 Å². The molecule has 0 aromatic heterocycles. The minimum atomic E-state index is -4.11. The number of sulfonamides is 1. The largest absolute Gasteiger partial charge is 0.441 e. The van der Waals surface area contributed by atoms with Gasteiger partial charge in [-0.05, 0) is 65.3 Å². The first kappa shape index (κ1) is 31.2. The molecule has 1 N–H and O–H groups in total. The summed E-state index contributed by atoms with van der Waals surface area (Å²) < 4.78 is 58.5. The third kappa shape index (κ3) is 8.39. The monoisotopic (exact) mass is 582 g/mol. The summed E-state index contributed by atoms with van der Waals surface area (Å²) in [6.45, 7) is 10.3. The topological polar surface area (TPSA) is 113 Å². The Balaban J connectivity index is 1.49. The molecule has 0 spiro atoms. The van der Waals surface area contributed by atoms with E-state index in [0.717, 1.165) is 57.2 Å². The molecular formula is C29H46N2O8S. The predicted molar refractivity (Wildman–Crippen MR) is 149 cm³/mol. The Morgan fingerprint density at radius 2 is 1.77 bits per heavy atom. The van der Waals surface area contributed by atoms with Gasteiger partial charge in [-0.15, -0.1) is 0 Å². The minimum absolute atomic E-state index is 0.0115. The molecule has 1 aromatic carbocycles. The summed E-state index contributed by atoms with van der Waals surface area (Å²) in [5.41, 5.74) is 0.913. The molecule has 0 unspecified atom stereocenters. The smallest absolute Gasteiger partial charge is 0.421 e. The van der Waals surface area contributed by atoms with Gasteiger partial charge >= 0.3 is 6.09 Å². The summed E-state index contributed by atoms with van der Waals surface area (Å²) in [5, 5.41) is 0. The van der Waals surface area contributed by atoms with Gasteiger partial charge in [-0.25, -0.2) is 17.9 Å². The number of unbranched alkanes of at least 4 members (excludes halogenated alkanes) is 4. The zero-order valence-electron chi connectivity index (χ0n) is 24.3. The van der Waals surface area contributed by atoms with Gasteiger partial charge in [-0.1, -0.05) is 56.7 Å². The van der Waals surface area contributed by atoms with E-state index in [1.54, 1.807) is 12.1 Å². The number of piperidine rings is 1. The van der Waals surface area contributed by atoms with E-state index in [0.29, 0.717) is 13.2 Å². The average molecular weight is 583 g/mol. The molecule has 1 amide bonds. The third-order valence-corrected chi connectivity index (χ3v) is 8.97. The third-order valence-electron chi connectivity index (χ3n) is 7.65. The van der Waals surface area contributed by atoms with E-state index in [-0.39, 0.29) is 4.90 Å². The molecule has 0 bridgehead atoms. The number of fused-ring (bicyclic) bond motifs is 1. The van der Waals surface area contributed by atoms with Gasteiger partial charge in [0.05, 0.1) is 4.90 Å². The lowest BCUT2D eigenvalue weighted by molar-refractivity contribution is -0.230. The van der Waals surface area contributed by atoms with E-state index in [4.69, 9.17) is 23.7 Å². The standard InChI is InChI=1S/C29H46N2O8S/c1-5-6-7-8-12-19-35-25-24(37-27-26(25)38-29(3,4)39-27)23(20-31-17-10-9-11-18-31)36-28(32)30-40(33,34)22-15-13-21(2)14-16-22/h13-16,23-27H,5-12,17-20H2,1-4H3,(H,30,32)/t23-,24-,25-,26-,27-/m1/s1. The van der Waals surface area contributed by atoms with Crippen molar-refractivity contribution < 1.29 is 36.9 Å². The van der Waals surface area contributed by atoms with E-state index in [2.05, 4.69) is 16.5 Å². The van der Waals surface area contributed by atoms with Crippen molar-refractivity contribution in [2.45, 2.75) is 120 Å². The van der Waals surface area contributed by atoms with Crippen LogP contribution in [0.5, 0.6) is 0 Å². The van der Waals surface area contributed by atoms with Crippen LogP contribution in [0.4, 0.5) is 4.79 Å². The summed E-state index contributed by atoms with van der Waals surface area (Å²) >= 11 is 0. The Morgan fingerprint density at radius 3 is 2.48 bits per heavy atom. The van der Waals surface area contributed by atoms with Crippen molar-refractivity contribution in [2.75, 3.05) is 26.2 Å². The number of rotatable bonds is 13. The second kappa shape index (κ2) is 13.9. The van der Waals surface area contributed by atoms with Gasteiger partial charge in [0.25, 0.3) is 10.0 Å². The second-order valence-corrected chi connectivity index (χ2v) is 13.2. The molecule has 0 radical (unpaired) electrons. The molecule has 226 valence electrons. The first-order valence-electron chi connectivity index (χ1n) is 14.7. The van der Waals surface area contributed by atoms with Crippen LogP contribution in [0.2, 0.25) is 0 Å². The van der Waals surface area contributed by atoms with Crippen molar-refractivity contribution in [3.05, 3.63) is 29.8 Å². The Labute approximate surface area is 239 Å². The van der Waals surface area contributed by atoms with Gasteiger partial charge < -0.3 is 23.7 Å². The highest BCUT2D eigenvalue weighted by molar-refractivity contribution is 7.90. The highest BCUT2D eigenvalue weighted by Gasteiger charge is 2.58. The number of likely N-dealkylation sites (tertiary alicyclic amines) is 1. The summed E-state index contributed by atoms with van der Waals surface area (Å²) in [6.07, 6.45) is 4.52. The first-order valence-corrected chi connectivity index (χ1v) is 16.2. The summed E-state index contributed by atoms with van der Waals surface area (Å²) in [7, 11) is -4.11. The first-order chi connectivity index (χ1) is 19.1. The Morgan fingerprint density at radius 1 is 1.07 bits per heavy atom. The number of amides is 1. The SMILES string of the molecule is CCCCCCCO[C@H]1[C@H]2OC(C)(C)O[C@H]2O[C@@H]1[C@@H](CN1CCCCC1)OC(=O)NS(=O)(=O)c1ccc(C)cc1. The molecular weight excluding hydrogens is 536 g/mol. The zero-order chi connectivity index (χ0) is 28.8. The molecule has 10 nitrogen and oxygen atoms in total. The maximum Gasteiger partial charge on any atom is 0.421 e. The van der Waals surface area contributed by atoms with Crippen molar-refractivity contribution in [1.82, 2.24) is 9.62 Å². The second-order valence-electron chi connectivity index (χ2n) is 11.5. The maximum absolute atomic E-state index is 13.0. The Bertz CT molecular complexity index is 1060. The van der Waals surface area contributed by atoms with Crippen molar-refractivity contribution >= 4 is 16.1 Å². The molecule has 0 saturated carbocycles. The molecule has 3 heterocycles. The maximum atomic E-state index is 13.0. The number of benzene rings is 1. The molecule has 3 saturated heterocycles. The lowest BCUT2D eigenvalue weighted by Crippen LogP contribution is -2.51. The molecule has 3 aliphatic rings. The minimum Gasteiger partial charge on any atom is -0.441 e. The lowest BCUT2D eigenvalue weighted by atomic mass is 10.0. The summed E-state index contributed by atoms with van der Waals surface area (Å²) in [4.78, 5) is 15.2. The number of ether oxygens (including phenoxy) is 5. The molecule has 1 aromatic rings. The highest BCUT2D eigenvalue weighted by Crippen LogP contribution is 2.40. The number of carbonyl (C=O) groups is 1. The van der Waals surface area contributed by atoms with Gasteiger partial charge in [-0.2, -0.15) is 0 Å². The van der Waals surface area contributed by atoms with Crippen LogP contribution >= 0.6 is 0 Å². The van der Waals surface area contributed by atoms with Gasteiger partial charge in [0.1, 0.15) is 24.4 Å². The Hall–Kier alpha value is -1.76. The Kier molecular flexibility index (Phi) is 10.9. The predicted octanol–water partition coefficient (Wildman–Crippen LogP) is 4.50. The average Bonchev–Trinajstić information content (AvgIpc) is 3.38. The number of nitrogens with zero attached hydrogens (tertiary/aromatic N) is 1. The normalized spacial score (nSPS) is 27.3. The molecule has 0 aliphatic carbocycles. The van der Waals surface area contributed by atoms with Crippen LogP contribution in [0.1, 0.15) is 77.7 Å². The van der Waals surface area contributed by atoms with Crippen LogP contribution in [-0.2, 0) is 33.7 Å². The van der Waals surface area contributed by atoms with Crippen LogP contribution in [0.25, 0.3) is 0 Å². The van der Waals surface area contributed by atoms with Crippen LogP contribution in [0.15, 0.2) is 29.2 Å². The fraction of sp³-hybridized carbons (Fsp3) is 0.759. The van der Waals surface area contributed by atoms with Crippen molar-refractivity contribution in [3.63, 3.8) is 0 Å². The molecule has 3 aliphatic heterocycles. The number of carbonyl (C=O) groups excluding carboxylic acids is 1. The highest BCUT2D eigenvalue weighted by atomic mass is 32.2. The van der Waals surface area contributed by atoms with Crippen LogP contribution in [0.3, 0.4) is 0 Å². The van der Waals surface area contributed by atoms with E-state index < -0.39 is 52.6 Å². The quantitative estimate of drug-likeness (QED) is 0.336. The number of hydrogen-bond donors (Lipinski definition) is 1. The van der Waals surface area contributed by atoms with Gasteiger partial charge in [-0.3, -0.25) is 4.90 Å². The summed E-state index contributed by atoms with van der Waals surface area (Å²) in [5.74, 6) is -0.828. The fourth-order valence-electron chi connectivity index (χ4n) is 5.57. The van der Waals surface area contributed by atoms with Crippen LogP contribution in [0, 0.1) is 6.92 Å².